The molecule has 0 aromatic carbocycles. The Bertz CT molecular complexity index is 742. The maximum atomic E-state index is 12.2. The highest BCUT2D eigenvalue weighted by molar-refractivity contribution is 5.78. The molecule has 3 rings (SSSR count). The number of piperazine rings is 1. The van der Waals surface area contributed by atoms with Crippen molar-refractivity contribution < 1.29 is 4.79 Å². The average Bonchev–Trinajstić information content (AvgIpc) is 3.19. The second-order valence-electron chi connectivity index (χ2n) is 7.68. The first-order valence-corrected chi connectivity index (χ1v) is 10.1. The molecule has 0 spiro atoms. The van der Waals surface area contributed by atoms with Crippen LogP contribution >= 0.6 is 0 Å². The number of carbonyl (C=O) groups excluding carboxylic acids is 1. The van der Waals surface area contributed by atoms with Crippen LogP contribution in [0.5, 0.6) is 0 Å². The van der Waals surface area contributed by atoms with Crippen LogP contribution in [0.1, 0.15) is 31.2 Å². The van der Waals surface area contributed by atoms with Crippen molar-refractivity contribution in [1.29, 1.82) is 0 Å². The van der Waals surface area contributed by atoms with Crippen LogP contribution in [0.3, 0.4) is 0 Å². The van der Waals surface area contributed by atoms with E-state index in [1.165, 1.54) is 0 Å². The Balaban J connectivity index is 1.33. The zero-order valence-electron chi connectivity index (χ0n) is 16.3. The molecule has 0 atom stereocenters. The van der Waals surface area contributed by atoms with E-state index in [-0.39, 0.29) is 17.2 Å². The molecule has 0 saturated carbocycles. The van der Waals surface area contributed by atoms with Crippen molar-refractivity contribution in [1.82, 2.24) is 24.3 Å². The molecule has 150 valence electrons. The first kappa shape index (κ1) is 19.8. The van der Waals surface area contributed by atoms with Gasteiger partial charge in [-0.2, -0.15) is 0 Å². The summed E-state index contributed by atoms with van der Waals surface area (Å²) in [7, 11) is 0. The topological polar surface area (TPSA) is 81.7 Å². The lowest BCUT2D eigenvalue weighted by Gasteiger charge is -2.35. The number of aryl methyl sites for hydroxylation is 2. The number of rotatable bonds is 7. The van der Waals surface area contributed by atoms with Crippen molar-refractivity contribution in [3.63, 3.8) is 0 Å². The van der Waals surface area contributed by atoms with Crippen LogP contribution in [-0.4, -0.2) is 82.5 Å². The van der Waals surface area contributed by atoms with Crippen LogP contribution in [0.4, 0.5) is 0 Å². The summed E-state index contributed by atoms with van der Waals surface area (Å²) in [6.45, 7) is 9.62. The quantitative estimate of drug-likeness (QED) is 0.669. The molecule has 0 unspecified atom stereocenters. The molecule has 2 aliphatic rings. The fourth-order valence-corrected chi connectivity index (χ4v) is 3.83. The highest BCUT2D eigenvalue weighted by Gasteiger charge is 2.23. The second-order valence-corrected chi connectivity index (χ2v) is 7.68. The van der Waals surface area contributed by atoms with Gasteiger partial charge in [0.25, 0.3) is 5.56 Å². The minimum Gasteiger partial charge on any atom is -0.342 e. The number of unbranched alkanes of at least 4 members (excludes halogenated alkanes) is 1. The standard InChI is InChI=1S/C19H31N5O3/c1-16-14-24(19(27)20-18(16)26)9-3-2-6-21-10-12-22(13-11-21)15-17(25)23-7-4-5-8-23/h14H,2-13,15H2,1H3,(H,20,26,27). The lowest BCUT2D eigenvalue weighted by molar-refractivity contribution is -0.131. The Labute approximate surface area is 159 Å². The fraction of sp³-hybridized carbons (Fsp3) is 0.737. The van der Waals surface area contributed by atoms with Gasteiger partial charge in [-0.05, 0) is 39.2 Å². The summed E-state index contributed by atoms with van der Waals surface area (Å²) in [6, 6.07) is 0. The van der Waals surface area contributed by atoms with Crippen LogP contribution < -0.4 is 11.2 Å². The number of nitrogens with zero attached hydrogens (tertiary/aromatic N) is 4. The van der Waals surface area contributed by atoms with Crippen LogP contribution in [0.25, 0.3) is 0 Å². The van der Waals surface area contributed by atoms with Gasteiger partial charge in [0.2, 0.25) is 5.91 Å². The van der Waals surface area contributed by atoms with Gasteiger partial charge < -0.3 is 14.4 Å². The Morgan fingerprint density at radius 1 is 0.963 bits per heavy atom. The molecule has 0 bridgehead atoms. The summed E-state index contributed by atoms with van der Waals surface area (Å²) in [5.74, 6) is 0.280. The Morgan fingerprint density at radius 3 is 2.30 bits per heavy atom. The van der Waals surface area contributed by atoms with Gasteiger partial charge in [-0.1, -0.05) is 0 Å². The third-order valence-corrected chi connectivity index (χ3v) is 5.59. The highest BCUT2D eigenvalue weighted by atomic mass is 16.2. The van der Waals surface area contributed by atoms with E-state index in [1.54, 1.807) is 17.7 Å². The Morgan fingerprint density at radius 2 is 1.59 bits per heavy atom. The molecule has 27 heavy (non-hydrogen) atoms. The number of likely N-dealkylation sites (tertiary alicyclic amines) is 1. The molecule has 8 heteroatoms. The first-order valence-electron chi connectivity index (χ1n) is 10.1. The summed E-state index contributed by atoms with van der Waals surface area (Å²) < 4.78 is 1.58. The number of hydrogen-bond acceptors (Lipinski definition) is 5. The minimum atomic E-state index is -0.332. The third kappa shape index (κ3) is 5.52. The van der Waals surface area contributed by atoms with Gasteiger partial charge in [0.1, 0.15) is 0 Å². The van der Waals surface area contributed by atoms with E-state index >= 15 is 0 Å². The number of amides is 1. The number of aromatic nitrogens is 2. The van der Waals surface area contributed by atoms with E-state index in [0.717, 1.165) is 71.5 Å². The molecule has 1 aromatic heterocycles. The van der Waals surface area contributed by atoms with Crippen LogP contribution in [0.15, 0.2) is 15.8 Å². The number of hydrogen-bond donors (Lipinski definition) is 1. The van der Waals surface area contributed by atoms with Gasteiger partial charge in [-0.25, -0.2) is 4.79 Å². The second kappa shape index (κ2) is 9.32. The molecule has 2 aliphatic heterocycles. The van der Waals surface area contributed by atoms with Gasteiger partial charge in [0, 0.05) is 57.6 Å². The summed E-state index contributed by atoms with van der Waals surface area (Å²) in [5, 5.41) is 0. The number of aromatic amines is 1. The molecule has 0 radical (unpaired) electrons. The van der Waals surface area contributed by atoms with Crippen LogP contribution in [-0.2, 0) is 11.3 Å². The van der Waals surface area contributed by atoms with Crippen molar-refractivity contribution in [3.05, 3.63) is 32.6 Å². The predicted molar refractivity (Wildman–Crippen MR) is 104 cm³/mol. The third-order valence-electron chi connectivity index (χ3n) is 5.59. The maximum absolute atomic E-state index is 12.2. The van der Waals surface area contributed by atoms with Gasteiger partial charge in [0.15, 0.2) is 0 Å². The molecule has 3 heterocycles. The van der Waals surface area contributed by atoms with Crippen molar-refractivity contribution >= 4 is 5.91 Å². The minimum absolute atomic E-state index is 0.280. The van der Waals surface area contributed by atoms with Crippen molar-refractivity contribution in [3.8, 4) is 0 Å². The van der Waals surface area contributed by atoms with E-state index in [0.29, 0.717) is 18.7 Å². The lowest BCUT2D eigenvalue weighted by Crippen LogP contribution is -2.49. The number of carbonyl (C=O) groups is 1. The zero-order valence-corrected chi connectivity index (χ0v) is 16.3. The van der Waals surface area contributed by atoms with E-state index in [2.05, 4.69) is 14.8 Å². The smallest absolute Gasteiger partial charge is 0.328 e. The monoisotopic (exact) mass is 377 g/mol. The van der Waals surface area contributed by atoms with E-state index < -0.39 is 0 Å². The summed E-state index contributed by atoms with van der Waals surface area (Å²) in [6.07, 6.45) is 5.84. The molecular weight excluding hydrogens is 346 g/mol. The summed E-state index contributed by atoms with van der Waals surface area (Å²) >= 11 is 0. The zero-order chi connectivity index (χ0) is 19.2. The van der Waals surface area contributed by atoms with Gasteiger partial charge in [-0.15, -0.1) is 0 Å². The van der Waals surface area contributed by atoms with Crippen LogP contribution in [0.2, 0.25) is 0 Å². The predicted octanol–water partition coefficient (Wildman–Crippen LogP) is -0.135. The van der Waals surface area contributed by atoms with Crippen molar-refractivity contribution in [2.75, 3.05) is 52.4 Å². The van der Waals surface area contributed by atoms with E-state index in [9.17, 15) is 14.4 Å². The van der Waals surface area contributed by atoms with E-state index in [1.807, 2.05) is 4.90 Å². The highest BCUT2D eigenvalue weighted by Crippen LogP contribution is 2.09. The molecule has 1 aromatic rings. The molecular formula is C19H31N5O3. The summed E-state index contributed by atoms with van der Waals surface area (Å²) in [4.78, 5) is 44.4. The molecule has 2 fully saturated rings. The molecule has 2 saturated heterocycles. The average molecular weight is 377 g/mol. The maximum Gasteiger partial charge on any atom is 0.328 e. The Kier molecular flexibility index (Phi) is 6.84. The van der Waals surface area contributed by atoms with Crippen molar-refractivity contribution in [2.24, 2.45) is 0 Å². The van der Waals surface area contributed by atoms with Gasteiger partial charge in [0.05, 0.1) is 6.54 Å². The fourth-order valence-electron chi connectivity index (χ4n) is 3.83. The molecule has 0 aliphatic carbocycles. The summed E-state index contributed by atoms with van der Waals surface area (Å²) in [5.41, 5.74) is -0.0755. The lowest BCUT2D eigenvalue weighted by atomic mass is 10.2. The molecule has 1 amide bonds. The Hall–Kier alpha value is -1.93. The largest absolute Gasteiger partial charge is 0.342 e. The number of nitrogens with one attached hydrogen (secondary N) is 1. The van der Waals surface area contributed by atoms with Gasteiger partial charge >= 0.3 is 5.69 Å². The van der Waals surface area contributed by atoms with Gasteiger partial charge in [-0.3, -0.25) is 19.5 Å². The molecule has 8 nitrogen and oxygen atoms in total. The number of H-pyrrole nitrogens is 1. The SMILES string of the molecule is Cc1cn(CCCCN2CCN(CC(=O)N3CCCC3)CC2)c(=O)[nH]c1=O. The van der Waals surface area contributed by atoms with Crippen LogP contribution in [0, 0.1) is 6.92 Å². The van der Waals surface area contributed by atoms with Crippen molar-refractivity contribution in [2.45, 2.75) is 39.2 Å². The first-order chi connectivity index (χ1) is 13.0. The molecule has 1 N–H and O–H groups in total. The van der Waals surface area contributed by atoms with E-state index in [4.69, 9.17) is 0 Å². The normalized spacial score (nSPS) is 18.9.